The maximum atomic E-state index is 13.2. The van der Waals surface area contributed by atoms with Crippen LogP contribution in [0.5, 0.6) is 11.5 Å². The largest absolute Gasteiger partial charge is 0.507 e. The number of carbonyl (C=O) groups excluding carboxylic acids is 2. The number of nitrogens with zero attached hydrogens (tertiary/aromatic N) is 1. The highest BCUT2D eigenvalue weighted by Gasteiger charge is 2.46. The standard InChI is InChI=1S/C26H30ClNO6/c1-5-32-19-9-7-8-17(14-19)23-22(25(30)26(31)28(23)12-13-34-16(3)4)24(29)18-10-11-20(27)21(15-18)33-6-2/h7-11,14-16,23,29H,5-6,12-13H2,1-4H3/b24-22-. The summed E-state index contributed by atoms with van der Waals surface area (Å²) in [6.07, 6.45) is -0.0254. The molecule has 1 aliphatic rings. The predicted octanol–water partition coefficient (Wildman–Crippen LogP) is 4.98. The monoisotopic (exact) mass is 487 g/mol. The van der Waals surface area contributed by atoms with Crippen molar-refractivity contribution in [3.05, 3.63) is 64.2 Å². The molecule has 0 saturated carbocycles. The number of ketones is 1. The highest BCUT2D eigenvalue weighted by atomic mass is 35.5. The van der Waals surface area contributed by atoms with Gasteiger partial charge in [-0.05, 0) is 63.6 Å². The van der Waals surface area contributed by atoms with Crippen LogP contribution in [0.2, 0.25) is 5.02 Å². The average molecular weight is 488 g/mol. The summed E-state index contributed by atoms with van der Waals surface area (Å²) in [6.45, 7) is 8.78. The molecule has 182 valence electrons. The topological polar surface area (TPSA) is 85.3 Å². The van der Waals surface area contributed by atoms with E-state index >= 15 is 0 Å². The van der Waals surface area contributed by atoms with Crippen molar-refractivity contribution in [3.63, 3.8) is 0 Å². The van der Waals surface area contributed by atoms with Crippen LogP contribution in [0.15, 0.2) is 48.0 Å². The van der Waals surface area contributed by atoms with Crippen molar-refractivity contribution in [1.82, 2.24) is 4.90 Å². The van der Waals surface area contributed by atoms with E-state index in [9.17, 15) is 14.7 Å². The van der Waals surface area contributed by atoms with E-state index in [4.69, 9.17) is 25.8 Å². The molecule has 0 radical (unpaired) electrons. The Balaban J connectivity index is 2.12. The highest BCUT2D eigenvalue weighted by molar-refractivity contribution is 6.46. The Morgan fingerprint density at radius 2 is 1.82 bits per heavy atom. The lowest BCUT2D eigenvalue weighted by atomic mass is 9.95. The fourth-order valence-corrected chi connectivity index (χ4v) is 4.03. The van der Waals surface area contributed by atoms with Gasteiger partial charge in [-0.3, -0.25) is 9.59 Å². The molecule has 1 N–H and O–H groups in total. The van der Waals surface area contributed by atoms with Crippen molar-refractivity contribution in [2.24, 2.45) is 0 Å². The van der Waals surface area contributed by atoms with Gasteiger partial charge in [0.2, 0.25) is 0 Å². The van der Waals surface area contributed by atoms with E-state index in [0.717, 1.165) is 0 Å². The number of halogens is 1. The van der Waals surface area contributed by atoms with Crippen molar-refractivity contribution in [1.29, 1.82) is 0 Å². The molecule has 1 heterocycles. The molecule has 1 saturated heterocycles. The number of aliphatic hydroxyl groups excluding tert-OH is 1. The molecule has 2 aromatic rings. The van der Waals surface area contributed by atoms with Crippen LogP contribution in [0.4, 0.5) is 0 Å². The number of rotatable bonds is 10. The Labute approximate surface area is 204 Å². The van der Waals surface area contributed by atoms with Crippen molar-refractivity contribution < 1.29 is 28.9 Å². The van der Waals surface area contributed by atoms with Crippen LogP contribution >= 0.6 is 11.6 Å². The number of amides is 1. The summed E-state index contributed by atoms with van der Waals surface area (Å²) in [5.41, 5.74) is 0.971. The van der Waals surface area contributed by atoms with Crippen LogP contribution in [-0.2, 0) is 14.3 Å². The summed E-state index contributed by atoms with van der Waals surface area (Å²) in [4.78, 5) is 27.6. The summed E-state index contributed by atoms with van der Waals surface area (Å²) < 4.78 is 16.8. The summed E-state index contributed by atoms with van der Waals surface area (Å²) >= 11 is 6.19. The summed E-state index contributed by atoms with van der Waals surface area (Å²) in [7, 11) is 0. The van der Waals surface area contributed by atoms with Gasteiger partial charge in [-0.25, -0.2) is 0 Å². The highest BCUT2D eigenvalue weighted by Crippen LogP contribution is 2.41. The first-order chi connectivity index (χ1) is 16.3. The van der Waals surface area contributed by atoms with Gasteiger partial charge in [-0.1, -0.05) is 23.7 Å². The lowest BCUT2D eigenvalue weighted by Crippen LogP contribution is -2.33. The molecule has 1 unspecified atom stereocenters. The van der Waals surface area contributed by atoms with Gasteiger partial charge in [0.05, 0.1) is 42.6 Å². The van der Waals surface area contributed by atoms with Crippen molar-refractivity contribution in [2.45, 2.75) is 39.8 Å². The second kappa shape index (κ2) is 11.4. The molecule has 1 atom stereocenters. The van der Waals surface area contributed by atoms with Gasteiger partial charge in [-0.2, -0.15) is 0 Å². The SMILES string of the molecule is CCOc1cccc(C2/C(=C(/O)c3ccc(Cl)c(OCC)c3)C(=O)C(=O)N2CCOC(C)C)c1. The van der Waals surface area contributed by atoms with E-state index in [2.05, 4.69) is 0 Å². The Bertz CT molecular complexity index is 1080. The van der Waals surface area contributed by atoms with Gasteiger partial charge >= 0.3 is 0 Å². The minimum atomic E-state index is -0.803. The molecule has 7 nitrogen and oxygen atoms in total. The third-order valence-electron chi connectivity index (χ3n) is 5.31. The van der Waals surface area contributed by atoms with E-state index in [-0.39, 0.29) is 30.6 Å². The molecule has 34 heavy (non-hydrogen) atoms. The van der Waals surface area contributed by atoms with Gasteiger partial charge in [0, 0.05) is 12.1 Å². The fraction of sp³-hybridized carbons (Fsp3) is 0.385. The number of likely N-dealkylation sites (tertiary alicyclic amines) is 1. The summed E-state index contributed by atoms with van der Waals surface area (Å²) in [5.74, 6) is -0.770. The lowest BCUT2D eigenvalue weighted by molar-refractivity contribution is -0.140. The summed E-state index contributed by atoms with van der Waals surface area (Å²) in [5, 5.41) is 11.6. The van der Waals surface area contributed by atoms with Crippen LogP contribution in [0.25, 0.3) is 5.76 Å². The third kappa shape index (κ3) is 5.54. The van der Waals surface area contributed by atoms with Crippen LogP contribution in [-0.4, -0.2) is 54.2 Å². The van der Waals surface area contributed by atoms with Gasteiger partial charge < -0.3 is 24.2 Å². The Kier molecular flexibility index (Phi) is 8.58. The maximum Gasteiger partial charge on any atom is 0.295 e. The molecular formula is C26H30ClNO6. The quantitative estimate of drug-likeness (QED) is 0.289. The fourth-order valence-electron chi connectivity index (χ4n) is 3.86. The van der Waals surface area contributed by atoms with Crippen molar-refractivity contribution in [2.75, 3.05) is 26.4 Å². The molecule has 0 bridgehead atoms. The van der Waals surface area contributed by atoms with Crippen LogP contribution in [0.3, 0.4) is 0 Å². The molecule has 1 fully saturated rings. The number of Topliss-reactive ketones (excluding diaryl/α,β-unsaturated/α-hetero) is 1. The van der Waals surface area contributed by atoms with E-state index in [1.54, 1.807) is 42.5 Å². The molecule has 0 spiro atoms. The number of benzene rings is 2. The molecule has 0 aliphatic carbocycles. The number of ether oxygens (including phenoxy) is 3. The van der Waals surface area contributed by atoms with E-state index in [0.29, 0.717) is 40.9 Å². The smallest absolute Gasteiger partial charge is 0.295 e. The zero-order valence-corrected chi connectivity index (χ0v) is 20.6. The minimum absolute atomic E-state index is 0.00651. The van der Waals surface area contributed by atoms with Crippen LogP contribution < -0.4 is 9.47 Å². The first kappa shape index (κ1) is 25.6. The Morgan fingerprint density at radius 3 is 2.50 bits per heavy atom. The predicted molar refractivity (Wildman–Crippen MR) is 130 cm³/mol. The number of carbonyl (C=O) groups is 2. The van der Waals surface area contributed by atoms with E-state index in [1.807, 2.05) is 27.7 Å². The Morgan fingerprint density at radius 1 is 1.09 bits per heavy atom. The van der Waals surface area contributed by atoms with Gasteiger partial charge in [0.15, 0.2) is 0 Å². The zero-order valence-electron chi connectivity index (χ0n) is 19.8. The third-order valence-corrected chi connectivity index (χ3v) is 5.62. The normalized spacial score (nSPS) is 17.5. The zero-order chi connectivity index (χ0) is 24.8. The molecule has 1 aliphatic heterocycles. The molecule has 0 aromatic heterocycles. The van der Waals surface area contributed by atoms with Gasteiger partial charge in [-0.15, -0.1) is 0 Å². The van der Waals surface area contributed by atoms with E-state index in [1.165, 1.54) is 4.90 Å². The molecule has 8 heteroatoms. The molecular weight excluding hydrogens is 458 g/mol. The van der Waals surface area contributed by atoms with E-state index < -0.39 is 17.7 Å². The van der Waals surface area contributed by atoms with Crippen LogP contribution in [0, 0.1) is 0 Å². The Hall–Kier alpha value is -3.03. The van der Waals surface area contributed by atoms with Gasteiger partial charge in [0.25, 0.3) is 11.7 Å². The number of hydrogen-bond acceptors (Lipinski definition) is 6. The second-order valence-electron chi connectivity index (χ2n) is 8.00. The van der Waals surface area contributed by atoms with Crippen molar-refractivity contribution >= 4 is 29.1 Å². The maximum absolute atomic E-state index is 13.2. The van der Waals surface area contributed by atoms with Crippen LogP contribution in [0.1, 0.15) is 44.9 Å². The molecule has 2 aromatic carbocycles. The lowest BCUT2D eigenvalue weighted by Gasteiger charge is -2.26. The molecule has 1 amide bonds. The first-order valence-electron chi connectivity index (χ1n) is 11.3. The van der Waals surface area contributed by atoms with Crippen molar-refractivity contribution in [3.8, 4) is 11.5 Å². The molecule has 3 rings (SSSR count). The number of hydrogen-bond donors (Lipinski definition) is 1. The second-order valence-corrected chi connectivity index (χ2v) is 8.40. The van der Waals surface area contributed by atoms with Gasteiger partial charge in [0.1, 0.15) is 17.3 Å². The minimum Gasteiger partial charge on any atom is -0.507 e. The number of aliphatic hydroxyl groups is 1. The first-order valence-corrected chi connectivity index (χ1v) is 11.7. The summed E-state index contributed by atoms with van der Waals surface area (Å²) in [6, 6.07) is 11.1. The average Bonchev–Trinajstić information content (AvgIpc) is 3.05.